The van der Waals surface area contributed by atoms with Crippen molar-refractivity contribution in [3.8, 4) is 17.1 Å². The summed E-state index contributed by atoms with van der Waals surface area (Å²) >= 11 is 8.86. The van der Waals surface area contributed by atoms with Crippen LogP contribution >= 0.6 is 34.7 Å². The number of hydrogen-bond donors (Lipinski definition) is 1. The first-order valence-electron chi connectivity index (χ1n) is 8.96. The highest BCUT2D eigenvalue weighted by Crippen LogP contribution is 2.28. The molecule has 150 valence electrons. The Morgan fingerprint density at radius 3 is 2.63 bits per heavy atom. The normalized spacial score (nSPS) is 11.1. The lowest BCUT2D eigenvalue weighted by Crippen LogP contribution is -2.19. The molecule has 0 saturated carbocycles. The predicted molar refractivity (Wildman–Crippen MR) is 123 cm³/mol. The molecule has 0 aliphatic rings. The molecule has 6 nitrogen and oxygen atoms in total. The van der Waals surface area contributed by atoms with Gasteiger partial charge in [0.25, 0.3) is 5.91 Å². The summed E-state index contributed by atoms with van der Waals surface area (Å²) in [7, 11) is 0. The van der Waals surface area contributed by atoms with Crippen LogP contribution in [0.2, 0.25) is 5.02 Å². The number of para-hydroxylation sites is 1. The molecule has 1 amide bonds. The van der Waals surface area contributed by atoms with Gasteiger partial charge in [-0.15, -0.1) is 21.5 Å². The highest BCUT2D eigenvalue weighted by Gasteiger charge is 2.17. The molecular formula is C21H16ClN5OS2. The summed E-state index contributed by atoms with van der Waals surface area (Å²) in [5.41, 5.74) is 4.33. The maximum absolute atomic E-state index is 12.2. The van der Waals surface area contributed by atoms with Crippen molar-refractivity contribution in [1.29, 1.82) is 0 Å². The van der Waals surface area contributed by atoms with Crippen LogP contribution in [-0.2, 0) is 4.79 Å². The third-order valence-corrected chi connectivity index (χ3v) is 5.99. The van der Waals surface area contributed by atoms with Crippen molar-refractivity contribution in [1.82, 2.24) is 20.2 Å². The van der Waals surface area contributed by atoms with E-state index < -0.39 is 0 Å². The number of nitrogens with one attached hydrogen (secondary N) is 1. The van der Waals surface area contributed by atoms with E-state index >= 15 is 0 Å². The first-order valence-corrected chi connectivity index (χ1v) is 11.2. The Hall–Kier alpha value is -2.94. The van der Waals surface area contributed by atoms with Crippen molar-refractivity contribution in [2.24, 2.45) is 5.10 Å². The largest absolute Gasteiger partial charge is 0.272 e. The average molecular weight is 454 g/mol. The van der Waals surface area contributed by atoms with Gasteiger partial charge in [0.2, 0.25) is 0 Å². The van der Waals surface area contributed by atoms with Gasteiger partial charge in [0.15, 0.2) is 11.0 Å². The van der Waals surface area contributed by atoms with Crippen molar-refractivity contribution < 1.29 is 4.79 Å². The average Bonchev–Trinajstić information content (AvgIpc) is 3.43. The molecule has 0 aliphatic heterocycles. The zero-order chi connectivity index (χ0) is 20.8. The van der Waals surface area contributed by atoms with E-state index in [0.717, 1.165) is 16.1 Å². The first-order chi connectivity index (χ1) is 14.7. The lowest BCUT2D eigenvalue weighted by molar-refractivity contribution is -0.118. The molecule has 0 atom stereocenters. The monoisotopic (exact) mass is 453 g/mol. The number of thiophene rings is 1. The standard InChI is InChI=1S/C21H16ClN5OS2/c22-16-10-8-15(9-11-16)20-25-26-21(27(20)17-5-2-1-3-6-17)30-14-19(28)24-23-13-18-7-4-12-29-18/h1-13H,14H2,(H,24,28)/b23-13+. The fourth-order valence-electron chi connectivity index (χ4n) is 2.65. The molecule has 30 heavy (non-hydrogen) atoms. The highest BCUT2D eigenvalue weighted by atomic mass is 35.5. The number of thioether (sulfide) groups is 1. The van der Waals surface area contributed by atoms with Gasteiger partial charge < -0.3 is 0 Å². The number of rotatable bonds is 7. The van der Waals surface area contributed by atoms with Crippen molar-refractivity contribution in [3.05, 3.63) is 82.0 Å². The fourth-order valence-corrected chi connectivity index (χ4v) is 4.11. The van der Waals surface area contributed by atoms with E-state index in [-0.39, 0.29) is 11.7 Å². The maximum Gasteiger partial charge on any atom is 0.250 e. The van der Waals surface area contributed by atoms with Crippen LogP contribution in [0.25, 0.3) is 17.1 Å². The molecule has 4 aromatic rings. The maximum atomic E-state index is 12.2. The molecule has 2 aromatic heterocycles. The number of carbonyl (C=O) groups is 1. The second-order valence-corrected chi connectivity index (χ2v) is 8.44. The number of aromatic nitrogens is 3. The quantitative estimate of drug-likeness (QED) is 0.245. The summed E-state index contributed by atoms with van der Waals surface area (Å²) in [6, 6.07) is 21.0. The predicted octanol–water partition coefficient (Wildman–Crippen LogP) is 4.89. The molecule has 0 radical (unpaired) electrons. The van der Waals surface area contributed by atoms with Crippen LogP contribution < -0.4 is 5.43 Å². The number of hydrazone groups is 1. The summed E-state index contributed by atoms with van der Waals surface area (Å²) in [6.07, 6.45) is 1.62. The van der Waals surface area contributed by atoms with Crippen molar-refractivity contribution in [2.75, 3.05) is 5.75 Å². The van der Waals surface area contributed by atoms with Crippen LogP contribution in [0.15, 0.2) is 82.4 Å². The Balaban J connectivity index is 1.53. The van der Waals surface area contributed by atoms with E-state index in [1.165, 1.54) is 11.8 Å². The number of amides is 1. The second kappa shape index (κ2) is 9.71. The van der Waals surface area contributed by atoms with Gasteiger partial charge in [-0.3, -0.25) is 9.36 Å². The van der Waals surface area contributed by atoms with Crippen LogP contribution in [0.4, 0.5) is 0 Å². The minimum atomic E-state index is -0.219. The summed E-state index contributed by atoms with van der Waals surface area (Å²) < 4.78 is 1.93. The van der Waals surface area contributed by atoms with E-state index in [0.29, 0.717) is 16.0 Å². The summed E-state index contributed by atoms with van der Waals surface area (Å²) in [5, 5.41) is 15.9. The number of hydrogen-bond acceptors (Lipinski definition) is 6. The zero-order valence-electron chi connectivity index (χ0n) is 15.6. The molecule has 1 N–H and O–H groups in total. The van der Waals surface area contributed by atoms with Crippen molar-refractivity contribution in [3.63, 3.8) is 0 Å². The summed E-state index contributed by atoms with van der Waals surface area (Å²) in [4.78, 5) is 13.2. The molecule has 2 aromatic carbocycles. The van der Waals surface area contributed by atoms with E-state index in [1.807, 2.05) is 76.7 Å². The van der Waals surface area contributed by atoms with Gasteiger partial charge in [-0.1, -0.05) is 47.6 Å². The Morgan fingerprint density at radius 2 is 1.90 bits per heavy atom. The van der Waals surface area contributed by atoms with Gasteiger partial charge in [-0.25, -0.2) is 5.43 Å². The topological polar surface area (TPSA) is 72.2 Å². The highest BCUT2D eigenvalue weighted by molar-refractivity contribution is 7.99. The van der Waals surface area contributed by atoms with Crippen LogP contribution in [0, 0.1) is 0 Å². The molecule has 0 saturated heterocycles. The first kappa shape index (κ1) is 20.3. The van der Waals surface area contributed by atoms with Gasteiger partial charge in [-0.05, 0) is 47.8 Å². The molecule has 0 fully saturated rings. The van der Waals surface area contributed by atoms with Crippen molar-refractivity contribution in [2.45, 2.75) is 5.16 Å². The molecule has 0 bridgehead atoms. The van der Waals surface area contributed by atoms with Crippen LogP contribution in [0.3, 0.4) is 0 Å². The van der Waals surface area contributed by atoms with E-state index in [1.54, 1.807) is 17.6 Å². The molecule has 0 spiro atoms. The van der Waals surface area contributed by atoms with Crippen LogP contribution in [0.5, 0.6) is 0 Å². The van der Waals surface area contributed by atoms with E-state index in [4.69, 9.17) is 11.6 Å². The third-order valence-electron chi connectivity index (χ3n) is 4.01. The van der Waals surface area contributed by atoms with E-state index in [9.17, 15) is 4.79 Å². The van der Waals surface area contributed by atoms with Gasteiger partial charge in [0.05, 0.1) is 12.0 Å². The minimum absolute atomic E-state index is 0.160. The number of halogens is 1. The van der Waals surface area contributed by atoms with Gasteiger partial charge in [0.1, 0.15) is 0 Å². The minimum Gasteiger partial charge on any atom is -0.272 e. The Bertz CT molecular complexity index is 1140. The zero-order valence-corrected chi connectivity index (χ0v) is 18.0. The fraction of sp³-hybridized carbons (Fsp3) is 0.0476. The lowest BCUT2D eigenvalue weighted by atomic mass is 10.2. The lowest BCUT2D eigenvalue weighted by Gasteiger charge is -2.10. The Labute approximate surface area is 186 Å². The van der Waals surface area contributed by atoms with Gasteiger partial charge >= 0.3 is 0 Å². The molecule has 0 unspecified atom stereocenters. The molecule has 4 rings (SSSR count). The summed E-state index contributed by atoms with van der Waals surface area (Å²) in [6.45, 7) is 0. The molecular weight excluding hydrogens is 438 g/mol. The number of benzene rings is 2. The number of nitrogens with zero attached hydrogens (tertiary/aromatic N) is 4. The van der Waals surface area contributed by atoms with Crippen LogP contribution in [-0.4, -0.2) is 32.6 Å². The Kier molecular flexibility index (Phi) is 6.58. The number of carbonyl (C=O) groups excluding carboxylic acids is 1. The SMILES string of the molecule is O=C(CSc1nnc(-c2ccc(Cl)cc2)n1-c1ccccc1)N/N=C/c1cccs1. The second-order valence-electron chi connectivity index (χ2n) is 6.08. The Morgan fingerprint density at radius 1 is 1.10 bits per heavy atom. The molecule has 9 heteroatoms. The third kappa shape index (κ3) is 4.96. The smallest absolute Gasteiger partial charge is 0.250 e. The van der Waals surface area contributed by atoms with Crippen LogP contribution in [0.1, 0.15) is 4.88 Å². The van der Waals surface area contributed by atoms with Crippen molar-refractivity contribution >= 4 is 46.8 Å². The molecule has 0 aliphatic carbocycles. The summed E-state index contributed by atoms with van der Waals surface area (Å²) in [5.74, 6) is 0.618. The van der Waals surface area contributed by atoms with E-state index in [2.05, 4.69) is 20.7 Å². The van der Waals surface area contributed by atoms with Gasteiger partial charge in [-0.2, -0.15) is 5.10 Å². The van der Waals surface area contributed by atoms with Gasteiger partial charge in [0, 0.05) is 21.2 Å². The molecule has 2 heterocycles.